The second kappa shape index (κ2) is 9.19. The first-order valence-corrected chi connectivity index (χ1v) is 12.0. The number of carboxylic acid groups (broad SMARTS) is 1. The summed E-state index contributed by atoms with van der Waals surface area (Å²) in [6.45, 7) is 3.32. The Labute approximate surface area is 204 Å². The van der Waals surface area contributed by atoms with Crippen LogP contribution in [0, 0.1) is 12.3 Å². The minimum absolute atomic E-state index is 0.00231. The van der Waals surface area contributed by atoms with Gasteiger partial charge in [0.2, 0.25) is 0 Å². The van der Waals surface area contributed by atoms with Gasteiger partial charge in [0.05, 0.1) is 16.1 Å². The van der Waals surface area contributed by atoms with Crippen molar-refractivity contribution in [2.24, 2.45) is 5.41 Å². The van der Waals surface area contributed by atoms with Crippen LogP contribution in [0.5, 0.6) is 0 Å². The molecule has 0 aromatic carbocycles. The van der Waals surface area contributed by atoms with Gasteiger partial charge in [-0.1, -0.05) is 19.3 Å². The van der Waals surface area contributed by atoms with Gasteiger partial charge in [-0.3, -0.25) is 4.79 Å². The van der Waals surface area contributed by atoms with Gasteiger partial charge in [-0.15, -0.1) is 11.3 Å². The third-order valence-electron chi connectivity index (χ3n) is 6.54. The van der Waals surface area contributed by atoms with E-state index in [0.29, 0.717) is 29.2 Å². The number of hydrogen-bond acceptors (Lipinski definition) is 7. The minimum Gasteiger partial charge on any atom is -0.481 e. The second-order valence-electron chi connectivity index (χ2n) is 9.02. The number of carbonyl (C=O) groups is 1. The van der Waals surface area contributed by atoms with Gasteiger partial charge >= 0.3 is 12.1 Å². The SMILES string of the molecule is Cc1cc(Nc2cc(C(F)(F)F)ccn2)nc(-c2cnc(C(C)(O)C3(C(=O)O)CCCCC3)s2)c1. The van der Waals surface area contributed by atoms with E-state index in [1.165, 1.54) is 13.1 Å². The summed E-state index contributed by atoms with van der Waals surface area (Å²) in [6.07, 6.45) is 1.21. The summed E-state index contributed by atoms with van der Waals surface area (Å²) >= 11 is 1.15. The van der Waals surface area contributed by atoms with Crippen LogP contribution < -0.4 is 5.32 Å². The number of halogens is 3. The normalized spacial score (nSPS) is 17.5. The molecule has 0 amide bonds. The van der Waals surface area contributed by atoms with E-state index in [0.717, 1.165) is 54.5 Å². The molecule has 1 unspecified atom stereocenters. The molecule has 7 nitrogen and oxygen atoms in total. The Hall–Kier alpha value is -3.05. The molecule has 0 saturated heterocycles. The lowest BCUT2D eigenvalue weighted by Crippen LogP contribution is -2.50. The lowest BCUT2D eigenvalue weighted by Gasteiger charge is -2.43. The summed E-state index contributed by atoms with van der Waals surface area (Å²) in [5.41, 5.74) is -2.53. The van der Waals surface area contributed by atoms with E-state index in [-0.39, 0.29) is 10.8 Å². The minimum atomic E-state index is -4.49. The maximum atomic E-state index is 13.0. The van der Waals surface area contributed by atoms with E-state index >= 15 is 0 Å². The van der Waals surface area contributed by atoms with Crippen molar-refractivity contribution in [2.75, 3.05) is 5.32 Å². The zero-order chi connectivity index (χ0) is 25.4. The molecule has 11 heteroatoms. The molecule has 3 aromatic rings. The van der Waals surface area contributed by atoms with Crippen LogP contribution in [-0.4, -0.2) is 31.1 Å². The highest BCUT2D eigenvalue weighted by atomic mass is 32.1. The zero-order valence-corrected chi connectivity index (χ0v) is 20.0. The van der Waals surface area contributed by atoms with Gasteiger partial charge in [0.25, 0.3) is 0 Å². The maximum Gasteiger partial charge on any atom is 0.416 e. The van der Waals surface area contributed by atoms with Crippen molar-refractivity contribution in [1.29, 1.82) is 0 Å². The Morgan fingerprint density at radius 2 is 1.83 bits per heavy atom. The van der Waals surface area contributed by atoms with Gasteiger partial charge in [-0.05, 0) is 56.5 Å². The van der Waals surface area contributed by atoms with Gasteiger partial charge in [-0.25, -0.2) is 15.0 Å². The summed E-state index contributed by atoms with van der Waals surface area (Å²) < 4.78 is 39.1. The first-order chi connectivity index (χ1) is 16.4. The molecular weight excluding hydrogens is 481 g/mol. The van der Waals surface area contributed by atoms with Crippen LogP contribution >= 0.6 is 11.3 Å². The number of nitrogens with zero attached hydrogens (tertiary/aromatic N) is 3. The van der Waals surface area contributed by atoms with Crippen LogP contribution in [0.25, 0.3) is 10.6 Å². The molecule has 35 heavy (non-hydrogen) atoms. The number of aliphatic carboxylic acids is 1. The molecule has 0 radical (unpaired) electrons. The van der Waals surface area contributed by atoms with Gasteiger partial charge in [0.1, 0.15) is 27.7 Å². The lowest BCUT2D eigenvalue weighted by atomic mass is 9.64. The molecule has 3 N–H and O–H groups in total. The monoisotopic (exact) mass is 506 g/mol. The average Bonchev–Trinajstić information content (AvgIpc) is 3.30. The van der Waals surface area contributed by atoms with Crippen LogP contribution in [-0.2, 0) is 16.6 Å². The Kier molecular flexibility index (Phi) is 6.58. The van der Waals surface area contributed by atoms with Gasteiger partial charge in [0.15, 0.2) is 0 Å². The highest BCUT2D eigenvalue weighted by molar-refractivity contribution is 7.15. The van der Waals surface area contributed by atoms with Gasteiger partial charge in [0, 0.05) is 12.4 Å². The van der Waals surface area contributed by atoms with E-state index in [2.05, 4.69) is 20.3 Å². The fourth-order valence-electron chi connectivity index (χ4n) is 4.55. The smallest absolute Gasteiger partial charge is 0.416 e. The van der Waals surface area contributed by atoms with Crippen molar-refractivity contribution < 1.29 is 28.2 Å². The number of aryl methyl sites for hydroxylation is 1. The number of aliphatic hydroxyl groups is 1. The molecule has 4 rings (SSSR count). The standard InChI is InChI=1S/C24H25F3N4O3S/c1-14-10-16(30-19(11-14)31-18-12-15(6-9-28-18)24(25,26)27)17-13-29-20(35-17)22(2,34)23(21(32)33)7-4-3-5-8-23/h6,9-13,34H,3-5,7-8H2,1-2H3,(H,32,33)(H,28,30,31). The Morgan fingerprint density at radius 3 is 2.49 bits per heavy atom. The van der Waals surface area contributed by atoms with E-state index in [1.807, 2.05) is 6.92 Å². The summed E-state index contributed by atoms with van der Waals surface area (Å²) in [7, 11) is 0. The van der Waals surface area contributed by atoms with Crippen molar-refractivity contribution in [3.63, 3.8) is 0 Å². The van der Waals surface area contributed by atoms with Gasteiger partial charge < -0.3 is 15.5 Å². The molecule has 1 fully saturated rings. The molecule has 1 aliphatic rings. The van der Waals surface area contributed by atoms with Crippen molar-refractivity contribution >= 4 is 28.9 Å². The summed E-state index contributed by atoms with van der Waals surface area (Å²) in [4.78, 5) is 25.6. The summed E-state index contributed by atoms with van der Waals surface area (Å²) in [5.74, 6) is -0.743. The van der Waals surface area contributed by atoms with Crippen LogP contribution in [0.4, 0.5) is 24.8 Å². The van der Waals surface area contributed by atoms with Crippen molar-refractivity contribution in [2.45, 2.75) is 57.7 Å². The van der Waals surface area contributed by atoms with Crippen LogP contribution in [0.1, 0.15) is 55.2 Å². The third kappa shape index (κ3) is 4.87. The molecule has 0 spiro atoms. The molecule has 1 atom stereocenters. The Bertz CT molecular complexity index is 1240. The quantitative estimate of drug-likeness (QED) is 0.381. The number of nitrogens with one attached hydrogen (secondary N) is 1. The number of anilines is 2. The molecule has 0 aliphatic heterocycles. The Balaban J connectivity index is 1.64. The fraction of sp³-hybridized carbons (Fsp3) is 0.417. The summed E-state index contributed by atoms with van der Waals surface area (Å²) in [6, 6.07) is 5.25. The molecule has 1 saturated carbocycles. The van der Waals surface area contributed by atoms with E-state index in [4.69, 9.17) is 0 Å². The highest BCUT2D eigenvalue weighted by Crippen LogP contribution is 2.51. The third-order valence-corrected chi connectivity index (χ3v) is 7.77. The van der Waals surface area contributed by atoms with Crippen molar-refractivity contribution in [3.8, 4) is 10.6 Å². The maximum absolute atomic E-state index is 13.0. The van der Waals surface area contributed by atoms with E-state index < -0.39 is 28.7 Å². The lowest BCUT2D eigenvalue weighted by molar-refractivity contribution is -0.174. The van der Waals surface area contributed by atoms with Crippen LogP contribution in [0.15, 0.2) is 36.7 Å². The summed E-state index contributed by atoms with van der Waals surface area (Å²) in [5, 5.41) is 24.5. The van der Waals surface area contributed by atoms with Crippen LogP contribution in [0.2, 0.25) is 0 Å². The van der Waals surface area contributed by atoms with Crippen molar-refractivity contribution in [1.82, 2.24) is 15.0 Å². The number of alkyl halides is 3. The molecule has 3 aromatic heterocycles. The predicted octanol–water partition coefficient (Wildman–Crippen LogP) is 5.91. The van der Waals surface area contributed by atoms with Gasteiger partial charge in [-0.2, -0.15) is 13.2 Å². The Morgan fingerprint density at radius 1 is 1.11 bits per heavy atom. The number of aromatic nitrogens is 3. The number of rotatable bonds is 6. The van der Waals surface area contributed by atoms with Crippen molar-refractivity contribution in [3.05, 3.63) is 52.8 Å². The molecule has 0 bridgehead atoms. The fourth-order valence-corrected chi connectivity index (χ4v) is 5.57. The predicted molar refractivity (Wildman–Crippen MR) is 125 cm³/mol. The first-order valence-electron chi connectivity index (χ1n) is 11.1. The zero-order valence-electron chi connectivity index (χ0n) is 19.2. The second-order valence-corrected chi connectivity index (χ2v) is 10.0. The van der Waals surface area contributed by atoms with E-state index in [9.17, 15) is 28.2 Å². The topological polar surface area (TPSA) is 108 Å². The molecular formula is C24H25F3N4O3S. The van der Waals surface area contributed by atoms with Crippen LogP contribution in [0.3, 0.4) is 0 Å². The highest BCUT2D eigenvalue weighted by Gasteiger charge is 2.55. The van der Waals surface area contributed by atoms with E-state index in [1.54, 1.807) is 12.1 Å². The molecule has 3 heterocycles. The number of hydrogen-bond donors (Lipinski definition) is 3. The number of thiazole rings is 1. The first kappa shape index (κ1) is 25.1. The number of carboxylic acids is 1. The molecule has 186 valence electrons. The number of pyridine rings is 2. The largest absolute Gasteiger partial charge is 0.481 e. The average molecular weight is 507 g/mol. The molecule has 1 aliphatic carbocycles.